The van der Waals surface area contributed by atoms with Crippen molar-refractivity contribution in [2.24, 2.45) is 5.92 Å². The minimum absolute atomic E-state index is 0.0166. The van der Waals surface area contributed by atoms with E-state index >= 15 is 0 Å². The van der Waals surface area contributed by atoms with Crippen LogP contribution in [0.2, 0.25) is 0 Å². The molecule has 2 aromatic heterocycles. The fraction of sp³-hybridized carbons (Fsp3) is 0.457. The summed E-state index contributed by atoms with van der Waals surface area (Å²) < 4.78 is 38.4. The van der Waals surface area contributed by atoms with Crippen molar-refractivity contribution < 1.29 is 28.1 Å². The molecule has 11 heteroatoms. The number of aliphatic hydroxyl groups excluding tert-OH is 1. The van der Waals surface area contributed by atoms with Gasteiger partial charge in [-0.1, -0.05) is 18.9 Å². The van der Waals surface area contributed by atoms with E-state index in [9.17, 15) is 18.7 Å². The van der Waals surface area contributed by atoms with Crippen LogP contribution in [0, 0.1) is 31.0 Å². The van der Waals surface area contributed by atoms with Crippen LogP contribution in [-0.2, 0) is 0 Å². The van der Waals surface area contributed by atoms with Gasteiger partial charge in [0.05, 0.1) is 18.2 Å². The van der Waals surface area contributed by atoms with E-state index in [1.807, 2.05) is 0 Å². The maximum Gasteiger partial charge on any atom is 0.349 e. The topological polar surface area (TPSA) is 112 Å². The van der Waals surface area contributed by atoms with E-state index in [4.69, 9.17) is 20.7 Å². The Morgan fingerprint density at radius 2 is 1.87 bits per heavy atom. The maximum absolute atomic E-state index is 14.6. The van der Waals surface area contributed by atoms with Gasteiger partial charge in [0.2, 0.25) is 0 Å². The summed E-state index contributed by atoms with van der Waals surface area (Å²) >= 11 is 0. The van der Waals surface area contributed by atoms with Gasteiger partial charge in [-0.3, -0.25) is 4.90 Å². The van der Waals surface area contributed by atoms with Gasteiger partial charge < -0.3 is 24.3 Å². The Kier molecular flexibility index (Phi) is 10.1. The number of aliphatic hydroxyl groups is 1. The molecule has 3 saturated heterocycles. The van der Waals surface area contributed by atoms with Crippen molar-refractivity contribution in [1.29, 1.82) is 0 Å². The van der Waals surface area contributed by atoms with Gasteiger partial charge in [0, 0.05) is 49.3 Å². The highest BCUT2D eigenvalue weighted by Gasteiger charge is 2.34. The number of phenolic OH excluding ortho intramolecular Hbond substituents is 1. The molecule has 0 aliphatic carbocycles. The van der Waals surface area contributed by atoms with E-state index in [1.165, 1.54) is 44.2 Å². The van der Waals surface area contributed by atoms with Crippen LogP contribution in [-0.4, -0.2) is 77.7 Å². The van der Waals surface area contributed by atoms with Gasteiger partial charge >= 0.3 is 11.6 Å². The van der Waals surface area contributed by atoms with Crippen molar-refractivity contribution in [3.05, 3.63) is 51.6 Å². The van der Waals surface area contributed by atoms with Crippen LogP contribution in [0.1, 0.15) is 50.2 Å². The Labute approximate surface area is 266 Å². The minimum atomic E-state index is -0.633. The van der Waals surface area contributed by atoms with Crippen molar-refractivity contribution >= 4 is 27.5 Å². The smallest absolute Gasteiger partial charge is 0.349 e. The molecule has 0 radical (unpaired) electrons. The number of benzene rings is 2. The number of hydrogen-bond donors (Lipinski definition) is 2. The van der Waals surface area contributed by atoms with Crippen LogP contribution in [0.4, 0.5) is 14.6 Å². The quantitative estimate of drug-likeness (QED) is 0.279. The third kappa shape index (κ3) is 6.37. The summed E-state index contributed by atoms with van der Waals surface area (Å²) in [4.78, 5) is 26.7. The second-order valence-corrected chi connectivity index (χ2v) is 12.1. The lowest BCUT2D eigenvalue weighted by Crippen LogP contribution is -2.35. The SMILES string of the molecule is C#Cc1c(F)ccc2cc(O)cc(-c3oc(=O)c4c(N5CCCC(C)C5)nc(OC)nc4c3C)c12.CO.FC1CC2CCCN2C1. The molecule has 2 aromatic carbocycles. The second-order valence-electron chi connectivity index (χ2n) is 12.1. The zero-order valence-electron chi connectivity index (χ0n) is 26.6. The molecule has 0 amide bonds. The summed E-state index contributed by atoms with van der Waals surface area (Å²) in [6, 6.07) is 6.39. The second kappa shape index (κ2) is 14.0. The molecular formula is C35H40F2N4O5. The Morgan fingerprint density at radius 1 is 1.11 bits per heavy atom. The predicted octanol–water partition coefficient (Wildman–Crippen LogP) is 5.58. The van der Waals surface area contributed by atoms with Gasteiger partial charge in [0.15, 0.2) is 5.82 Å². The fourth-order valence-corrected chi connectivity index (χ4v) is 6.95. The Bertz CT molecular complexity index is 1830. The number of anilines is 1. The van der Waals surface area contributed by atoms with Crippen LogP contribution < -0.4 is 15.3 Å². The third-order valence-electron chi connectivity index (χ3n) is 9.00. The number of aromatic hydroxyl groups is 1. The molecule has 3 unspecified atom stereocenters. The summed E-state index contributed by atoms with van der Waals surface area (Å²) in [5.41, 5.74) is 0.571. The lowest BCUT2D eigenvalue weighted by atomic mass is 9.95. The first-order valence-electron chi connectivity index (χ1n) is 15.6. The number of rotatable bonds is 3. The zero-order chi connectivity index (χ0) is 33.1. The first-order chi connectivity index (χ1) is 22.2. The summed E-state index contributed by atoms with van der Waals surface area (Å²) in [6.45, 7) is 7.27. The Hall–Kier alpha value is -4.27. The number of aryl methyl sites for hydroxylation is 1. The lowest BCUT2D eigenvalue weighted by molar-refractivity contribution is 0.292. The van der Waals surface area contributed by atoms with Crippen LogP contribution in [0.15, 0.2) is 33.5 Å². The van der Waals surface area contributed by atoms with E-state index in [1.54, 1.807) is 6.92 Å². The third-order valence-corrected chi connectivity index (χ3v) is 9.00. The highest BCUT2D eigenvalue weighted by Crippen LogP contribution is 2.39. The number of ether oxygens (including phenoxy) is 1. The maximum atomic E-state index is 14.6. The largest absolute Gasteiger partial charge is 0.508 e. The van der Waals surface area contributed by atoms with Crippen molar-refractivity contribution in [2.75, 3.05) is 45.3 Å². The molecule has 7 rings (SSSR count). The van der Waals surface area contributed by atoms with Crippen LogP contribution in [0.25, 0.3) is 33.0 Å². The molecule has 3 atom stereocenters. The number of piperidine rings is 1. The number of hydrogen-bond acceptors (Lipinski definition) is 9. The monoisotopic (exact) mass is 634 g/mol. The van der Waals surface area contributed by atoms with E-state index < -0.39 is 17.6 Å². The fourth-order valence-electron chi connectivity index (χ4n) is 6.95. The molecule has 2 N–H and O–H groups in total. The number of aromatic nitrogens is 2. The molecule has 0 spiro atoms. The summed E-state index contributed by atoms with van der Waals surface area (Å²) in [5.74, 6) is 2.78. The first kappa shape index (κ1) is 33.1. The zero-order valence-corrected chi connectivity index (χ0v) is 26.6. The number of halogens is 2. The van der Waals surface area contributed by atoms with Crippen LogP contribution in [0.5, 0.6) is 11.8 Å². The molecule has 4 aromatic rings. The Balaban J connectivity index is 0.000000320. The van der Waals surface area contributed by atoms with E-state index in [0.29, 0.717) is 51.7 Å². The highest BCUT2D eigenvalue weighted by atomic mass is 19.1. The van der Waals surface area contributed by atoms with Gasteiger partial charge in [-0.15, -0.1) is 6.42 Å². The van der Waals surface area contributed by atoms with Crippen LogP contribution in [0.3, 0.4) is 0 Å². The number of fused-ring (bicyclic) bond motifs is 3. The van der Waals surface area contributed by atoms with Gasteiger partial charge in [0.1, 0.15) is 28.9 Å². The van der Waals surface area contributed by atoms with Crippen LogP contribution >= 0.6 is 0 Å². The number of nitrogens with zero attached hydrogens (tertiary/aromatic N) is 4. The lowest BCUT2D eigenvalue weighted by Gasteiger charge is -2.32. The normalized spacial score (nSPS) is 20.8. The van der Waals surface area contributed by atoms with Crippen molar-refractivity contribution in [2.45, 2.75) is 58.2 Å². The molecule has 3 aliphatic heterocycles. The van der Waals surface area contributed by atoms with Crippen molar-refractivity contribution in [3.8, 4) is 35.4 Å². The molecule has 3 fully saturated rings. The molecule has 9 nitrogen and oxygen atoms in total. The van der Waals surface area contributed by atoms with Crippen molar-refractivity contribution in [3.63, 3.8) is 0 Å². The molecule has 0 saturated carbocycles. The summed E-state index contributed by atoms with van der Waals surface area (Å²) in [6.07, 6.45) is 10.5. The first-order valence-corrected chi connectivity index (χ1v) is 15.6. The molecule has 46 heavy (non-hydrogen) atoms. The standard InChI is InChI=1S/C27H24FN3O4.C7H12FN.CH4O/c1-5-18-20(28)9-8-16-11-17(32)12-19(21(16)18)24-15(3)23-22(26(33)35-24)25(30-27(29-23)34-4)31-10-6-7-14(2)13-31;8-6-4-7-2-1-3-9(7)5-6;1-2/h1,8-9,11-12,14,32H,6-7,10,13H2,2-4H3;6-7H,1-5H2;2H,1H3. The van der Waals surface area contributed by atoms with Gasteiger partial charge in [0.25, 0.3) is 0 Å². The highest BCUT2D eigenvalue weighted by molar-refractivity contribution is 6.03. The van der Waals surface area contributed by atoms with Gasteiger partial charge in [-0.25, -0.2) is 13.6 Å². The van der Waals surface area contributed by atoms with E-state index in [2.05, 4.69) is 32.6 Å². The van der Waals surface area contributed by atoms with Gasteiger partial charge in [-0.05, 0) is 75.1 Å². The predicted molar refractivity (Wildman–Crippen MR) is 175 cm³/mol. The summed E-state index contributed by atoms with van der Waals surface area (Å²) in [5, 5.41) is 18.5. The summed E-state index contributed by atoms with van der Waals surface area (Å²) in [7, 11) is 2.47. The molecule has 5 heterocycles. The minimum Gasteiger partial charge on any atom is -0.508 e. The number of methoxy groups -OCH3 is 1. The molecule has 0 bridgehead atoms. The van der Waals surface area contributed by atoms with Gasteiger partial charge in [-0.2, -0.15) is 9.97 Å². The Morgan fingerprint density at radius 3 is 2.57 bits per heavy atom. The number of phenols is 1. The van der Waals surface area contributed by atoms with E-state index in [0.717, 1.165) is 46.0 Å². The number of terminal acetylenes is 1. The average molecular weight is 635 g/mol. The number of alkyl halides is 1. The molecule has 244 valence electrons. The average Bonchev–Trinajstić information content (AvgIpc) is 3.64. The molecular weight excluding hydrogens is 594 g/mol. The van der Waals surface area contributed by atoms with Crippen molar-refractivity contribution in [1.82, 2.24) is 14.9 Å². The molecule has 3 aliphatic rings. The van der Waals surface area contributed by atoms with E-state index in [-0.39, 0.29) is 28.5 Å².